The first kappa shape index (κ1) is 12.4. The number of urea groups is 1. The van der Waals surface area contributed by atoms with Gasteiger partial charge in [0.15, 0.2) is 5.82 Å². The lowest BCUT2D eigenvalue weighted by molar-refractivity contribution is -0.144. The van der Waals surface area contributed by atoms with Gasteiger partial charge in [-0.15, -0.1) is 0 Å². The van der Waals surface area contributed by atoms with Gasteiger partial charge in [-0.25, -0.2) is 9.59 Å². The zero-order valence-electron chi connectivity index (χ0n) is 10.2. The maximum absolute atomic E-state index is 11.7. The van der Waals surface area contributed by atoms with Gasteiger partial charge < -0.3 is 14.9 Å². The topological polar surface area (TPSA) is 104 Å². The molecule has 0 bridgehead atoms. The molecule has 7 nitrogen and oxygen atoms in total. The maximum atomic E-state index is 11.7. The molecule has 1 fully saturated rings. The van der Waals surface area contributed by atoms with Crippen LogP contribution in [0, 0.1) is 12.8 Å². The summed E-state index contributed by atoms with van der Waals surface area (Å²) in [4.78, 5) is 22.9. The van der Waals surface area contributed by atoms with E-state index in [1.54, 1.807) is 13.0 Å². The van der Waals surface area contributed by atoms with Gasteiger partial charge in [0.25, 0.3) is 0 Å². The van der Waals surface area contributed by atoms with Gasteiger partial charge in [0, 0.05) is 6.07 Å². The van der Waals surface area contributed by atoms with Crippen molar-refractivity contribution in [1.29, 1.82) is 0 Å². The summed E-state index contributed by atoms with van der Waals surface area (Å²) in [5.41, 5.74) is -1.23. The van der Waals surface area contributed by atoms with Crippen LogP contribution in [0.1, 0.15) is 25.5 Å². The highest BCUT2D eigenvalue weighted by Gasteiger charge is 2.48. The number of carbonyl (C=O) groups is 2. The molecule has 3 N–H and O–H groups in total. The van der Waals surface area contributed by atoms with Gasteiger partial charge >= 0.3 is 12.0 Å². The molecule has 2 rings (SSSR count). The molecule has 0 aliphatic heterocycles. The molecule has 0 aromatic carbocycles. The van der Waals surface area contributed by atoms with Crippen LogP contribution < -0.4 is 10.6 Å². The lowest BCUT2D eigenvalue weighted by Crippen LogP contribution is -2.55. The van der Waals surface area contributed by atoms with Crippen molar-refractivity contribution in [3.05, 3.63) is 11.8 Å². The molecule has 0 radical (unpaired) electrons. The normalized spacial score (nSPS) is 17.9. The first-order valence-electron chi connectivity index (χ1n) is 5.67. The molecule has 98 valence electrons. The molecule has 0 saturated heterocycles. The molecule has 1 aromatic heterocycles. The molecule has 1 heterocycles. The first-order valence-corrected chi connectivity index (χ1v) is 5.67. The number of nitrogens with one attached hydrogen (secondary N) is 2. The molecule has 1 saturated carbocycles. The van der Waals surface area contributed by atoms with Crippen LogP contribution in [0.2, 0.25) is 0 Å². The predicted molar refractivity (Wildman–Crippen MR) is 62.2 cm³/mol. The van der Waals surface area contributed by atoms with Crippen molar-refractivity contribution in [2.75, 3.05) is 5.32 Å². The van der Waals surface area contributed by atoms with E-state index in [1.165, 1.54) is 6.92 Å². The number of nitrogens with zero attached hydrogens (tertiary/aromatic N) is 1. The molecule has 18 heavy (non-hydrogen) atoms. The van der Waals surface area contributed by atoms with Crippen LogP contribution in [0.5, 0.6) is 0 Å². The molecular formula is C11H15N3O4. The fourth-order valence-electron chi connectivity index (χ4n) is 1.80. The lowest BCUT2D eigenvalue weighted by atomic mass is 9.96. The molecule has 1 unspecified atom stereocenters. The number of rotatable bonds is 4. The van der Waals surface area contributed by atoms with E-state index >= 15 is 0 Å². The Bertz CT molecular complexity index is 480. The van der Waals surface area contributed by atoms with Crippen LogP contribution in [-0.4, -0.2) is 27.8 Å². The highest BCUT2D eigenvalue weighted by atomic mass is 16.5. The first-order chi connectivity index (χ1) is 8.41. The molecule has 2 amide bonds. The van der Waals surface area contributed by atoms with Gasteiger partial charge in [0.1, 0.15) is 11.3 Å². The Labute approximate surface area is 104 Å². The monoisotopic (exact) mass is 253 g/mol. The van der Waals surface area contributed by atoms with Crippen LogP contribution in [0.15, 0.2) is 10.6 Å². The summed E-state index contributed by atoms with van der Waals surface area (Å²) in [5, 5.41) is 17.7. The second kappa shape index (κ2) is 4.32. The number of carboxylic acids is 1. The van der Waals surface area contributed by atoms with Crippen molar-refractivity contribution in [2.45, 2.75) is 32.2 Å². The Morgan fingerprint density at radius 1 is 1.56 bits per heavy atom. The fourth-order valence-corrected chi connectivity index (χ4v) is 1.80. The number of carboxylic acid groups (broad SMARTS) is 1. The Balaban J connectivity index is 1.99. The summed E-state index contributed by atoms with van der Waals surface area (Å²) in [5.74, 6) is -0.224. The van der Waals surface area contributed by atoms with Gasteiger partial charge in [-0.2, -0.15) is 0 Å². The van der Waals surface area contributed by atoms with E-state index in [0.29, 0.717) is 5.76 Å². The van der Waals surface area contributed by atoms with Crippen molar-refractivity contribution in [3.8, 4) is 0 Å². The molecule has 1 atom stereocenters. The van der Waals surface area contributed by atoms with E-state index < -0.39 is 17.5 Å². The molecule has 1 aliphatic rings. The quantitative estimate of drug-likeness (QED) is 0.751. The van der Waals surface area contributed by atoms with E-state index in [2.05, 4.69) is 15.8 Å². The minimum Gasteiger partial charge on any atom is -0.480 e. The summed E-state index contributed by atoms with van der Waals surface area (Å²) in [7, 11) is 0. The van der Waals surface area contributed by atoms with Gasteiger partial charge in [-0.1, -0.05) is 5.16 Å². The zero-order valence-corrected chi connectivity index (χ0v) is 10.2. The number of amides is 2. The lowest BCUT2D eigenvalue weighted by Gasteiger charge is -2.25. The van der Waals surface area contributed by atoms with Crippen molar-refractivity contribution >= 4 is 17.8 Å². The van der Waals surface area contributed by atoms with Crippen LogP contribution in [-0.2, 0) is 4.79 Å². The van der Waals surface area contributed by atoms with Crippen LogP contribution in [0.25, 0.3) is 0 Å². The van der Waals surface area contributed by atoms with Gasteiger partial charge in [0.05, 0.1) is 0 Å². The Kier molecular flexibility index (Phi) is 2.98. The van der Waals surface area contributed by atoms with E-state index in [-0.39, 0.29) is 11.7 Å². The minimum atomic E-state index is -1.23. The second-order valence-electron chi connectivity index (χ2n) is 4.68. The Morgan fingerprint density at radius 2 is 2.22 bits per heavy atom. The Hall–Kier alpha value is -2.05. The van der Waals surface area contributed by atoms with Crippen LogP contribution in [0.3, 0.4) is 0 Å². The molecular weight excluding hydrogens is 238 g/mol. The van der Waals surface area contributed by atoms with Gasteiger partial charge in [-0.3, -0.25) is 5.32 Å². The number of aryl methyl sites for hydroxylation is 1. The smallest absolute Gasteiger partial charge is 0.329 e. The standard InChI is InChI=1S/C11H15N3O4/c1-6-5-8(14-18-6)12-10(17)13-11(2,9(15)16)7-3-4-7/h5,7H,3-4H2,1-2H3,(H,15,16)(H2,12,13,14,17). The molecule has 7 heteroatoms. The summed E-state index contributed by atoms with van der Waals surface area (Å²) in [6.45, 7) is 3.21. The third-order valence-electron chi connectivity index (χ3n) is 3.08. The number of hydrogen-bond acceptors (Lipinski definition) is 4. The SMILES string of the molecule is Cc1cc(NC(=O)NC(C)(C(=O)O)C2CC2)no1. The van der Waals surface area contributed by atoms with E-state index in [0.717, 1.165) is 12.8 Å². The van der Waals surface area contributed by atoms with Crippen LogP contribution >= 0.6 is 0 Å². The zero-order chi connectivity index (χ0) is 13.3. The van der Waals surface area contributed by atoms with E-state index in [1.807, 2.05) is 0 Å². The number of aliphatic carboxylic acids is 1. The largest absolute Gasteiger partial charge is 0.480 e. The summed E-state index contributed by atoms with van der Waals surface area (Å²) in [6.07, 6.45) is 1.62. The van der Waals surface area contributed by atoms with Crippen molar-refractivity contribution in [3.63, 3.8) is 0 Å². The van der Waals surface area contributed by atoms with Gasteiger partial charge in [-0.05, 0) is 32.6 Å². The number of carbonyl (C=O) groups excluding carboxylic acids is 1. The molecule has 0 spiro atoms. The third kappa shape index (κ3) is 2.44. The summed E-state index contributed by atoms with van der Waals surface area (Å²) >= 11 is 0. The summed E-state index contributed by atoms with van der Waals surface area (Å²) < 4.78 is 4.79. The number of anilines is 1. The average molecular weight is 253 g/mol. The third-order valence-corrected chi connectivity index (χ3v) is 3.08. The number of aromatic nitrogens is 1. The highest BCUT2D eigenvalue weighted by Crippen LogP contribution is 2.39. The van der Waals surface area contributed by atoms with Crippen molar-refractivity contribution in [2.24, 2.45) is 5.92 Å². The number of hydrogen-bond donors (Lipinski definition) is 3. The maximum Gasteiger partial charge on any atom is 0.329 e. The van der Waals surface area contributed by atoms with Crippen LogP contribution in [0.4, 0.5) is 10.6 Å². The highest BCUT2D eigenvalue weighted by molar-refractivity contribution is 5.93. The summed E-state index contributed by atoms with van der Waals surface area (Å²) in [6, 6.07) is 0.953. The van der Waals surface area contributed by atoms with Gasteiger partial charge in [0.2, 0.25) is 0 Å². The molecule has 1 aliphatic carbocycles. The van der Waals surface area contributed by atoms with E-state index in [4.69, 9.17) is 4.52 Å². The van der Waals surface area contributed by atoms with Crippen molar-refractivity contribution in [1.82, 2.24) is 10.5 Å². The second-order valence-corrected chi connectivity index (χ2v) is 4.68. The Morgan fingerprint density at radius 3 is 2.67 bits per heavy atom. The minimum absolute atomic E-state index is 0.0141. The van der Waals surface area contributed by atoms with E-state index in [9.17, 15) is 14.7 Å². The predicted octanol–water partition coefficient (Wildman–Crippen LogP) is 1.36. The average Bonchev–Trinajstić information content (AvgIpc) is 3.04. The fraction of sp³-hybridized carbons (Fsp3) is 0.545. The molecule has 1 aromatic rings. The van der Waals surface area contributed by atoms with Crippen molar-refractivity contribution < 1.29 is 19.2 Å².